The van der Waals surface area contributed by atoms with E-state index in [9.17, 15) is 18.0 Å². The molecule has 6 nitrogen and oxygen atoms in total. The second-order valence-corrected chi connectivity index (χ2v) is 8.11. The first-order valence-corrected chi connectivity index (χ1v) is 9.12. The van der Waals surface area contributed by atoms with Crippen LogP contribution in [0.5, 0.6) is 0 Å². The number of hydrogen-bond donors (Lipinski definition) is 2. The predicted octanol–water partition coefficient (Wildman–Crippen LogP) is 1.98. The van der Waals surface area contributed by atoms with E-state index in [1.54, 1.807) is 0 Å². The first-order chi connectivity index (χ1) is 10.6. The first-order valence-electron chi connectivity index (χ1n) is 7.09. The molecule has 1 aromatic carbocycles. The highest BCUT2D eigenvalue weighted by molar-refractivity contribution is 7.92. The number of rotatable bonds is 8. The van der Waals surface area contributed by atoms with Crippen LogP contribution in [0.25, 0.3) is 0 Å². The highest BCUT2D eigenvalue weighted by Crippen LogP contribution is 2.15. The van der Waals surface area contributed by atoms with E-state index in [1.807, 2.05) is 13.8 Å². The van der Waals surface area contributed by atoms with Gasteiger partial charge in [-0.05, 0) is 36.6 Å². The molecule has 0 fully saturated rings. The van der Waals surface area contributed by atoms with Crippen molar-refractivity contribution >= 4 is 33.3 Å². The van der Waals surface area contributed by atoms with Crippen LogP contribution in [0, 0.1) is 11.8 Å². The number of halogens is 1. The Kier molecular flexibility index (Phi) is 7.02. The van der Waals surface area contributed by atoms with Gasteiger partial charge in [-0.2, -0.15) is 0 Å². The van der Waals surface area contributed by atoms with Gasteiger partial charge in [-0.3, -0.25) is 9.59 Å². The zero-order valence-electron chi connectivity index (χ0n) is 13.0. The first kappa shape index (κ1) is 19.4. The molecule has 0 saturated heterocycles. The van der Waals surface area contributed by atoms with Crippen molar-refractivity contribution in [2.24, 2.45) is 11.8 Å². The van der Waals surface area contributed by atoms with Crippen molar-refractivity contribution in [3.8, 4) is 0 Å². The van der Waals surface area contributed by atoms with Gasteiger partial charge in [0.2, 0.25) is 5.91 Å². The predicted molar refractivity (Wildman–Crippen MR) is 87.1 cm³/mol. The van der Waals surface area contributed by atoms with Crippen LogP contribution in [0.15, 0.2) is 29.2 Å². The summed E-state index contributed by atoms with van der Waals surface area (Å²) in [5.41, 5.74) is 0. The van der Waals surface area contributed by atoms with Crippen molar-refractivity contribution in [1.82, 2.24) is 5.32 Å². The van der Waals surface area contributed by atoms with E-state index < -0.39 is 33.4 Å². The smallest absolute Gasteiger partial charge is 0.308 e. The molecule has 0 radical (unpaired) electrons. The van der Waals surface area contributed by atoms with Gasteiger partial charge in [-0.1, -0.05) is 25.4 Å². The van der Waals surface area contributed by atoms with Gasteiger partial charge in [0.15, 0.2) is 9.84 Å². The van der Waals surface area contributed by atoms with Gasteiger partial charge in [-0.15, -0.1) is 0 Å². The number of aliphatic carboxylic acids is 1. The third-order valence-electron chi connectivity index (χ3n) is 3.14. The summed E-state index contributed by atoms with van der Waals surface area (Å²) in [6.45, 7) is 3.66. The zero-order chi connectivity index (χ0) is 17.6. The van der Waals surface area contributed by atoms with Gasteiger partial charge in [-0.25, -0.2) is 8.42 Å². The fourth-order valence-electron chi connectivity index (χ4n) is 2.03. The Morgan fingerprint density at radius 1 is 1.22 bits per heavy atom. The number of carboxylic acids is 1. The Morgan fingerprint density at radius 2 is 1.78 bits per heavy atom. The fraction of sp³-hybridized carbons (Fsp3) is 0.467. The third-order valence-corrected chi connectivity index (χ3v) is 5.03. The second-order valence-electron chi connectivity index (χ2n) is 5.68. The summed E-state index contributed by atoms with van der Waals surface area (Å²) >= 11 is 5.69. The van der Waals surface area contributed by atoms with Crippen molar-refractivity contribution in [3.05, 3.63) is 29.3 Å². The van der Waals surface area contributed by atoms with Crippen LogP contribution in [-0.4, -0.2) is 37.7 Å². The molecule has 0 heterocycles. The van der Waals surface area contributed by atoms with E-state index in [2.05, 4.69) is 5.32 Å². The van der Waals surface area contributed by atoms with Crippen molar-refractivity contribution in [2.75, 3.05) is 12.3 Å². The minimum Gasteiger partial charge on any atom is -0.481 e. The SMILES string of the molecule is CC(C)CC(CNC(=O)CS(=O)(=O)c1ccc(Cl)cc1)C(=O)O. The van der Waals surface area contributed by atoms with Crippen molar-refractivity contribution < 1.29 is 23.1 Å². The molecule has 0 saturated carbocycles. The van der Waals surface area contributed by atoms with Crippen LogP contribution in [-0.2, 0) is 19.4 Å². The average molecular weight is 362 g/mol. The van der Waals surface area contributed by atoms with Gasteiger partial charge >= 0.3 is 5.97 Å². The molecule has 1 aromatic rings. The van der Waals surface area contributed by atoms with Gasteiger partial charge in [0, 0.05) is 11.6 Å². The molecule has 0 bridgehead atoms. The molecule has 8 heteroatoms. The van der Waals surface area contributed by atoms with Crippen LogP contribution in [0.2, 0.25) is 5.02 Å². The van der Waals surface area contributed by atoms with Crippen LogP contribution in [0.1, 0.15) is 20.3 Å². The van der Waals surface area contributed by atoms with Gasteiger partial charge < -0.3 is 10.4 Å². The quantitative estimate of drug-likeness (QED) is 0.737. The Bertz CT molecular complexity index is 655. The Labute approximate surface area is 140 Å². The molecule has 0 aliphatic carbocycles. The summed E-state index contributed by atoms with van der Waals surface area (Å²) in [7, 11) is -3.79. The normalized spacial score (nSPS) is 12.9. The molecular weight excluding hydrogens is 342 g/mol. The Hall–Kier alpha value is -1.60. The van der Waals surface area contributed by atoms with Gasteiger partial charge in [0.05, 0.1) is 10.8 Å². The highest BCUT2D eigenvalue weighted by Gasteiger charge is 2.23. The number of nitrogens with one attached hydrogen (secondary N) is 1. The van der Waals surface area contributed by atoms with E-state index in [1.165, 1.54) is 24.3 Å². The maximum Gasteiger partial charge on any atom is 0.308 e. The molecule has 1 rings (SSSR count). The third kappa shape index (κ3) is 6.58. The van der Waals surface area contributed by atoms with Crippen LogP contribution < -0.4 is 5.32 Å². The summed E-state index contributed by atoms with van der Waals surface area (Å²) in [6, 6.07) is 5.50. The lowest BCUT2D eigenvalue weighted by molar-refractivity contribution is -0.142. The summed E-state index contributed by atoms with van der Waals surface area (Å²) in [4.78, 5) is 22.9. The fourth-order valence-corrected chi connectivity index (χ4v) is 3.32. The van der Waals surface area contributed by atoms with Gasteiger partial charge in [0.1, 0.15) is 5.75 Å². The molecule has 1 atom stereocenters. The molecule has 1 unspecified atom stereocenters. The monoisotopic (exact) mass is 361 g/mol. The summed E-state index contributed by atoms with van der Waals surface area (Å²) in [5, 5.41) is 11.9. The topological polar surface area (TPSA) is 101 Å². The number of carboxylic acid groups (broad SMARTS) is 1. The lowest BCUT2D eigenvalue weighted by Crippen LogP contribution is -2.36. The van der Waals surface area contributed by atoms with Crippen LogP contribution in [0.4, 0.5) is 0 Å². The number of hydrogen-bond acceptors (Lipinski definition) is 4. The molecule has 2 N–H and O–H groups in total. The molecule has 0 spiro atoms. The average Bonchev–Trinajstić information content (AvgIpc) is 2.42. The minimum absolute atomic E-state index is 0.00554. The number of carbonyl (C=O) groups excluding carboxylic acids is 1. The minimum atomic E-state index is -3.79. The van der Waals surface area contributed by atoms with E-state index in [0.717, 1.165) is 0 Å². The van der Waals surface area contributed by atoms with E-state index in [-0.39, 0.29) is 17.4 Å². The second kappa shape index (κ2) is 8.31. The molecule has 1 amide bonds. The van der Waals surface area contributed by atoms with Crippen molar-refractivity contribution in [3.63, 3.8) is 0 Å². The molecule has 0 aliphatic rings. The van der Waals surface area contributed by atoms with Crippen LogP contribution >= 0.6 is 11.6 Å². The maximum atomic E-state index is 12.1. The summed E-state index contributed by atoms with van der Waals surface area (Å²) < 4.78 is 24.2. The standard InChI is InChI=1S/C15H20ClNO5S/c1-10(2)7-11(15(19)20)8-17-14(18)9-23(21,22)13-5-3-12(16)4-6-13/h3-6,10-11H,7-9H2,1-2H3,(H,17,18)(H,19,20). The Morgan fingerprint density at radius 3 is 2.26 bits per heavy atom. The zero-order valence-corrected chi connectivity index (χ0v) is 14.5. The molecule has 0 aliphatic heterocycles. The Balaban J connectivity index is 2.65. The van der Waals surface area contributed by atoms with Crippen LogP contribution in [0.3, 0.4) is 0 Å². The number of benzene rings is 1. The van der Waals surface area contributed by atoms with Gasteiger partial charge in [0.25, 0.3) is 0 Å². The number of amides is 1. The summed E-state index contributed by atoms with van der Waals surface area (Å²) in [6.07, 6.45) is 0.402. The number of sulfone groups is 1. The number of carbonyl (C=O) groups is 2. The van der Waals surface area contributed by atoms with Crippen molar-refractivity contribution in [1.29, 1.82) is 0 Å². The van der Waals surface area contributed by atoms with E-state index in [0.29, 0.717) is 11.4 Å². The lowest BCUT2D eigenvalue weighted by Gasteiger charge is -2.15. The van der Waals surface area contributed by atoms with E-state index in [4.69, 9.17) is 16.7 Å². The summed E-state index contributed by atoms with van der Waals surface area (Å²) in [5.74, 6) is -3.06. The molecule has 23 heavy (non-hydrogen) atoms. The molecular formula is C15H20ClNO5S. The molecule has 128 valence electrons. The highest BCUT2D eigenvalue weighted by atomic mass is 35.5. The molecule has 0 aromatic heterocycles. The largest absolute Gasteiger partial charge is 0.481 e. The van der Waals surface area contributed by atoms with Crippen molar-refractivity contribution in [2.45, 2.75) is 25.2 Å². The van der Waals surface area contributed by atoms with E-state index >= 15 is 0 Å². The maximum absolute atomic E-state index is 12.1. The lowest BCUT2D eigenvalue weighted by atomic mass is 9.97.